The van der Waals surface area contributed by atoms with Crippen LogP contribution in [0.3, 0.4) is 0 Å². The van der Waals surface area contributed by atoms with Gasteiger partial charge in [-0.25, -0.2) is 0 Å². The van der Waals surface area contributed by atoms with Crippen LogP contribution in [0.4, 0.5) is 5.88 Å². The summed E-state index contributed by atoms with van der Waals surface area (Å²) in [4.78, 5) is 14.2. The zero-order valence-electron chi connectivity index (χ0n) is 13.7. The van der Waals surface area contributed by atoms with Crippen molar-refractivity contribution >= 4 is 11.8 Å². The number of amides is 1. The van der Waals surface area contributed by atoms with E-state index in [1.165, 1.54) is 0 Å². The average molecular weight is 331 g/mol. The number of aliphatic hydroxyl groups is 1. The zero-order chi connectivity index (χ0) is 17.1. The molecule has 7 heteroatoms. The van der Waals surface area contributed by atoms with Crippen molar-refractivity contribution in [3.63, 3.8) is 0 Å². The molecule has 24 heavy (non-hydrogen) atoms. The van der Waals surface area contributed by atoms with Crippen LogP contribution in [0.25, 0.3) is 0 Å². The second-order valence-electron chi connectivity index (χ2n) is 5.99. The summed E-state index contributed by atoms with van der Waals surface area (Å²) in [5.74, 6) is 0.888. The number of nitrogens with one attached hydrogen (secondary N) is 1. The highest BCUT2D eigenvalue weighted by Gasteiger charge is 2.33. The summed E-state index contributed by atoms with van der Waals surface area (Å²) >= 11 is 0. The number of hydrogen-bond donors (Lipinski definition) is 2. The van der Waals surface area contributed by atoms with E-state index in [4.69, 9.17) is 9.26 Å². The number of carbonyl (C=O) groups excluding carboxylic acids is 1. The third kappa shape index (κ3) is 3.74. The number of aryl methyl sites for hydroxylation is 1. The minimum Gasteiger partial charge on any atom is -0.497 e. The molecule has 0 bridgehead atoms. The smallest absolute Gasteiger partial charge is 0.240 e. The molecular weight excluding hydrogens is 310 g/mol. The number of ether oxygens (including phenoxy) is 1. The predicted molar refractivity (Wildman–Crippen MR) is 87.8 cm³/mol. The maximum absolute atomic E-state index is 12.2. The van der Waals surface area contributed by atoms with Gasteiger partial charge in [-0.1, -0.05) is 17.3 Å². The highest BCUT2D eigenvalue weighted by molar-refractivity contribution is 5.91. The maximum Gasteiger partial charge on any atom is 0.240 e. The fraction of sp³-hybridized carbons (Fsp3) is 0.412. The Balaban J connectivity index is 1.69. The molecule has 3 rings (SSSR count). The SMILES string of the molecule is COc1cccc([C@@H]2C[C@H](O)CN2CC(=O)Nc2cc(C)no2)c1. The number of nitrogens with zero attached hydrogens (tertiary/aromatic N) is 2. The van der Waals surface area contributed by atoms with E-state index in [0.717, 1.165) is 11.3 Å². The lowest BCUT2D eigenvalue weighted by Gasteiger charge is -2.23. The summed E-state index contributed by atoms with van der Waals surface area (Å²) in [5, 5.41) is 16.5. The van der Waals surface area contributed by atoms with E-state index in [1.54, 1.807) is 20.1 Å². The lowest BCUT2D eigenvalue weighted by Crippen LogP contribution is -2.33. The van der Waals surface area contributed by atoms with Crippen LogP contribution in [-0.2, 0) is 4.79 Å². The summed E-state index contributed by atoms with van der Waals surface area (Å²) in [6.07, 6.45) is 0.128. The number of anilines is 1. The summed E-state index contributed by atoms with van der Waals surface area (Å²) in [5.41, 5.74) is 1.73. The van der Waals surface area contributed by atoms with Crippen LogP contribution in [0, 0.1) is 6.92 Å². The van der Waals surface area contributed by atoms with Crippen molar-refractivity contribution in [2.75, 3.05) is 25.5 Å². The fourth-order valence-corrected chi connectivity index (χ4v) is 3.03. The minimum absolute atomic E-state index is 0.0303. The monoisotopic (exact) mass is 331 g/mol. The van der Waals surface area contributed by atoms with Crippen molar-refractivity contribution in [1.29, 1.82) is 0 Å². The second-order valence-corrected chi connectivity index (χ2v) is 5.99. The molecule has 1 aromatic heterocycles. The van der Waals surface area contributed by atoms with Crippen molar-refractivity contribution in [2.45, 2.75) is 25.5 Å². The molecule has 0 spiro atoms. The van der Waals surface area contributed by atoms with Gasteiger partial charge in [0, 0.05) is 18.7 Å². The number of β-amino-alcohol motifs (C(OH)–C–C–N with tert-alkyl or cyclic N) is 1. The number of likely N-dealkylation sites (tertiary alicyclic amines) is 1. The number of aromatic nitrogens is 1. The third-order valence-corrected chi connectivity index (χ3v) is 4.10. The van der Waals surface area contributed by atoms with Gasteiger partial charge in [-0.2, -0.15) is 0 Å². The molecule has 0 unspecified atom stereocenters. The van der Waals surface area contributed by atoms with E-state index in [2.05, 4.69) is 10.5 Å². The standard InChI is InChI=1S/C17H21N3O4/c1-11-6-17(24-19-11)18-16(22)10-20-9-13(21)8-15(20)12-4-3-5-14(7-12)23-2/h3-7,13,15,21H,8-10H2,1-2H3,(H,18,22)/t13-,15-/m0/s1. The molecule has 128 valence electrons. The Labute approximate surface area is 140 Å². The molecule has 1 aromatic carbocycles. The van der Waals surface area contributed by atoms with Crippen LogP contribution in [-0.4, -0.2) is 47.4 Å². The van der Waals surface area contributed by atoms with Gasteiger partial charge < -0.3 is 14.4 Å². The second kappa shape index (κ2) is 7.02. The minimum atomic E-state index is -0.457. The number of methoxy groups -OCH3 is 1. The van der Waals surface area contributed by atoms with Crippen molar-refractivity contribution in [3.05, 3.63) is 41.6 Å². The van der Waals surface area contributed by atoms with Crippen molar-refractivity contribution in [1.82, 2.24) is 10.1 Å². The average Bonchev–Trinajstić information content (AvgIpc) is 3.12. The van der Waals surface area contributed by atoms with Gasteiger partial charge >= 0.3 is 0 Å². The Morgan fingerprint density at radius 2 is 2.33 bits per heavy atom. The van der Waals surface area contributed by atoms with E-state index in [9.17, 15) is 9.90 Å². The van der Waals surface area contributed by atoms with Crippen LogP contribution in [0.1, 0.15) is 23.7 Å². The largest absolute Gasteiger partial charge is 0.497 e. The first-order chi connectivity index (χ1) is 11.5. The first kappa shape index (κ1) is 16.5. The van der Waals surface area contributed by atoms with Gasteiger partial charge in [-0.05, 0) is 31.0 Å². The fourth-order valence-electron chi connectivity index (χ4n) is 3.03. The molecule has 2 heterocycles. The molecule has 2 N–H and O–H groups in total. The molecule has 2 atom stereocenters. The highest BCUT2D eigenvalue weighted by Crippen LogP contribution is 2.33. The lowest BCUT2D eigenvalue weighted by atomic mass is 10.0. The van der Waals surface area contributed by atoms with Crippen LogP contribution in [0.15, 0.2) is 34.9 Å². The number of rotatable bonds is 5. The van der Waals surface area contributed by atoms with E-state index in [1.807, 2.05) is 29.2 Å². The van der Waals surface area contributed by atoms with Gasteiger partial charge in [-0.3, -0.25) is 15.0 Å². The third-order valence-electron chi connectivity index (χ3n) is 4.10. The number of carbonyl (C=O) groups is 1. The summed E-state index contributed by atoms with van der Waals surface area (Å²) < 4.78 is 10.3. The van der Waals surface area contributed by atoms with Crippen LogP contribution in [0.5, 0.6) is 5.75 Å². The Hall–Kier alpha value is -2.38. The molecule has 7 nitrogen and oxygen atoms in total. The Morgan fingerprint density at radius 3 is 3.04 bits per heavy atom. The molecule has 0 aliphatic carbocycles. The number of hydrogen-bond acceptors (Lipinski definition) is 6. The van der Waals surface area contributed by atoms with Gasteiger partial charge in [0.05, 0.1) is 25.5 Å². The normalized spacial score (nSPS) is 21.0. The van der Waals surface area contributed by atoms with Gasteiger partial charge in [0.15, 0.2) is 0 Å². The summed E-state index contributed by atoms with van der Waals surface area (Å²) in [6.45, 7) is 2.40. The Kier molecular flexibility index (Phi) is 4.82. The molecule has 1 fully saturated rings. The molecule has 1 aliphatic rings. The molecule has 2 aromatic rings. The van der Waals surface area contributed by atoms with Gasteiger partial charge in [0.2, 0.25) is 11.8 Å². The number of aliphatic hydroxyl groups excluding tert-OH is 1. The van der Waals surface area contributed by atoms with Gasteiger partial charge in [0.1, 0.15) is 5.75 Å². The summed E-state index contributed by atoms with van der Waals surface area (Å²) in [6, 6.07) is 9.34. The molecule has 0 saturated carbocycles. The zero-order valence-corrected chi connectivity index (χ0v) is 13.7. The van der Waals surface area contributed by atoms with Crippen LogP contribution < -0.4 is 10.1 Å². The lowest BCUT2D eigenvalue weighted by molar-refractivity contribution is -0.117. The maximum atomic E-state index is 12.2. The van der Waals surface area contributed by atoms with E-state index >= 15 is 0 Å². The van der Waals surface area contributed by atoms with E-state index < -0.39 is 6.10 Å². The van der Waals surface area contributed by atoms with E-state index in [-0.39, 0.29) is 18.5 Å². The van der Waals surface area contributed by atoms with Crippen molar-refractivity contribution in [3.8, 4) is 5.75 Å². The van der Waals surface area contributed by atoms with Gasteiger partial charge in [0.25, 0.3) is 0 Å². The van der Waals surface area contributed by atoms with E-state index in [0.29, 0.717) is 24.5 Å². The van der Waals surface area contributed by atoms with Crippen LogP contribution >= 0.6 is 0 Å². The number of benzene rings is 1. The molecule has 1 saturated heterocycles. The molecule has 1 amide bonds. The Morgan fingerprint density at radius 1 is 1.50 bits per heavy atom. The quantitative estimate of drug-likeness (QED) is 0.868. The topological polar surface area (TPSA) is 87.8 Å². The predicted octanol–water partition coefficient (Wildman–Crippen LogP) is 1.74. The highest BCUT2D eigenvalue weighted by atomic mass is 16.5. The van der Waals surface area contributed by atoms with Gasteiger partial charge in [-0.15, -0.1) is 0 Å². The first-order valence-electron chi connectivity index (χ1n) is 7.84. The van der Waals surface area contributed by atoms with Crippen LogP contribution in [0.2, 0.25) is 0 Å². The molecule has 1 aliphatic heterocycles. The summed E-state index contributed by atoms with van der Waals surface area (Å²) in [7, 11) is 1.62. The first-order valence-corrected chi connectivity index (χ1v) is 7.84. The van der Waals surface area contributed by atoms with Crippen molar-refractivity contribution in [2.24, 2.45) is 0 Å². The molecule has 0 radical (unpaired) electrons. The molecular formula is C17H21N3O4. The Bertz CT molecular complexity index is 715. The van der Waals surface area contributed by atoms with Crippen molar-refractivity contribution < 1.29 is 19.2 Å².